The van der Waals surface area contributed by atoms with Crippen LogP contribution in [0.1, 0.15) is 48.6 Å². The molecule has 1 aliphatic rings. The molecule has 0 amide bonds. The first kappa shape index (κ1) is 26.5. The summed E-state index contributed by atoms with van der Waals surface area (Å²) < 4.78 is 7.01. The number of nitriles is 1. The van der Waals surface area contributed by atoms with E-state index in [0.717, 1.165) is 61.0 Å². The fourth-order valence-electron chi connectivity index (χ4n) is 6.18. The van der Waals surface area contributed by atoms with E-state index in [1.807, 2.05) is 48.5 Å². The number of nitrogens with zero attached hydrogens (tertiary/aromatic N) is 1. The van der Waals surface area contributed by atoms with Gasteiger partial charge in [-0.1, -0.05) is 142 Å². The molecule has 0 saturated carbocycles. The molecule has 0 aromatic heterocycles. The highest BCUT2D eigenvalue weighted by Crippen LogP contribution is 2.54. The number of ether oxygens (including phenoxy) is 1. The fourth-order valence-corrected chi connectivity index (χ4v) is 6.18. The van der Waals surface area contributed by atoms with Crippen molar-refractivity contribution in [2.45, 2.75) is 26.2 Å². The van der Waals surface area contributed by atoms with Crippen molar-refractivity contribution >= 4 is 22.1 Å². The molecule has 0 fully saturated rings. The van der Waals surface area contributed by atoms with Gasteiger partial charge in [0.25, 0.3) is 0 Å². The van der Waals surface area contributed by atoms with Gasteiger partial charge in [0.15, 0.2) is 5.75 Å². The first-order valence-electron chi connectivity index (χ1n) is 14.7. The van der Waals surface area contributed by atoms with Crippen molar-refractivity contribution in [2.24, 2.45) is 0 Å². The third kappa shape index (κ3) is 4.51. The lowest BCUT2D eigenvalue weighted by atomic mass is 9.77. The maximum atomic E-state index is 10.9. The van der Waals surface area contributed by atoms with E-state index < -0.39 is 0 Å². The van der Waals surface area contributed by atoms with Gasteiger partial charge in [0.05, 0.1) is 0 Å². The molecular formula is C41H31NO. The van der Waals surface area contributed by atoms with Gasteiger partial charge < -0.3 is 4.74 Å². The van der Waals surface area contributed by atoms with Crippen LogP contribution in [0.15, 0.2) is 133 Å². The van der Waals surface area contributed by atoms with E-state index in [1.54, 1.807) is 0 Å². The maximum Gasteiger partial charge on any atom is 0.154 e. The second-order valence-electron chi connectivity index (χ2n) is 12.0. The molecule has 2 heteroatoms. The van der Waals surface area contributed by atoms with Crippen LogP contribution in [0.5, 0.6) is 5.75 Å². The first-order valence-corrected chi connectivity index (χ1v) is 14.7. The zero-order valence-electron chi connectivity index (χ0n) is 24.6. The predicted octanol–water partition coefficient (Wildman–Crippen LogP) is 10.7. The monoisotopic (exact) mass is 553 g/mol. The lowest BCUT2D eigenvalue weighted by Crippen LogP contribution is -2.15. The van der Waals surface area contributed by atoms with Crippen molar-refractivity contribution in [1.82, 2.24) is 0 Å². The van der Waals surface area contributed by atoms with E-state index in [0.29, 0.717) is 11.3 Å². The highest BCUT2D eigenvalue weighted by atomic mass is 16.5. The quantitative estimate of drug-likeness (QED) is 0.217. The maximum absolute atomic E-state index is 10.9. The highest BCUT2D eigenvalue weighted by Gasteiger charge is 2.33. The van der Waals surface area contributed by atoms with Gasteiger partial charge in [-0.05, 0) is 56.3 Å². The molecule has 0 saturated heterocycles. The highest BCUT2D eigenvalue weighted by molar-refractivity contribution is 6.18. The van der Waals surface area contributed by atoms with E-state index >= 15 is 0 Å². The molecule has 7 rings (SSSR count). The number of hydrogen-bond acceptors (Lipinski definition) is 2. The van der Waals surface area contributed by atoms with E-state index in [-0.39, 0.29) is 5.41 Å². The summed E-state index contributed by atoms with van der Waals surface area (Å²) in [5.74, 6) is 1.37. The summed E-state index contributed by atoms with van der Waals surface area (Å²) in [4.78, 5) is 0. The van der Waals surface area contributed by atoms with Crippen LogP contribution in [0.3, 0.4) is 0 Å². The van der Waals surface area contributed by atoms with Crippen LogP contribution in [0.4, 0.5) is 0 Å². The number of rotatable bonds is 4. The fraction of sp³-hybridized carbons (Fsp3) is 0.0976. The van der Waals surface area contributed by atoms with Gasteiger partial charge in [0, 0.05) is 22.1 Å². The normalized spacial score (nSPS) is 12.6. The molecule has 0 aliphatic carbocycles. The summed E-state index contributed by atoms with van der Waals surface area (Å²) in [7, 11) is 0. The third-order valence-electron chi connectivity index (χ3n) is 8.26. The van der Waals surface area contributed by atoms with E-state index in [2.05, 4.69) is 112 Å². The summed E-state index contributed by atoms with van der Waals surface area (Å²) in [6, 6.07) is 48.6. The van der Waals surface area contributed by atoms with Gasteiger partial charge in [-0.3, -0.25) is 0 Å². The van der Waals surface area contributed by atoms with Gasteiger partial charge in [-0.2, -0.15) is 5.26 Å². The van der Waals surface area contributed by atoms with Crippen molar-refractivity contribution in [2.75, 3.05) is 0 Å². The van der Waals surface area contributed by atoms with Crippen molar-refractivity contribution in [3.63, 3.8) is 0 Å². The second kappa shape index (κ2) is 10.5. The zero-order chi connectivity index (χ0) is 29.6. The summed E-state index contributed by atoms with van der Waals surface area (Å²) >= 11 is 0. The smallest absolute Gasteiger partial charge is 0.154 e. The Labute approximate surface area is 253 Å². The van der Waals surface area contributed by atoms with Gasteiger partial charge >= 0.3 is 0 Å². The molecule has 206 valence electrons. The molecule has 0 atom stereocenters. The topological polar surface area (TPSA) is 33.0 Å². The van der Waals surface area contributed by atoms with Gasteiger partial charge in [-0.25, -0.2) is 0 Å². The van der Waals surface area contributed by atoms with Gasteiger partial charge in [0.2, 0.25) is 0 Å². The Morgan fingerprint density at radius 2 is 1.07 bits per heavy atom. The minimum absolute atomic E-state index is 0.118. The van der Waals surface area contributed by atoms with Gasteiger partial charge in [0.1, 0.15) is 17.4 Å². The molecule has 1 aliphatic heterocycles. The Balaban J connectivity index is 1.73. The molecule has 43 heavy (non-hydrogen) atoms. The Morgan fingerprint density at radius 3 is 1.58 bits per heavy atom. The van der Waals surface area contributed by atoms with Crippen LogP contribution in [-0.4, -0.2) is 0 Å². The second-order valence-corrected chi connectivity index (χ2v) is 12.0. The minimum Gasteiger partial charge on any atom is -0.454 e. The molecule has 2 nitrogen and oxygen atoms in total. The number of benzene rings is 6. The van der Waals surface area contributed by atoms with Crippen molar-refractivity contribution in [3.05, 3.63) is 161 Å². The van der Waals surface area contributed by atoms with Crippen LogP contribution in [0.25, 0.3) is 44.4 Å². The molecule has 0 spiro atoms. The lowest BCUT2D eigenvalue weighted by molar-refractivity contribution is 0.518. The Morgan fingerprint density at radius 1 is 0.581 bits per heavy atom. The molecule has 6 aromatic carbocycles. The van der Waals surface area contributed by atoms with Gasteiger partial charge in [-0.15, -0.1) is 0 Å². The molecule has 0 radical (unpaired) electrons. The van der Waals surface area contributed by atoms with Crippen LogP contribution in [0.2, 0.25) is 0 Å². The summed E-state index contributed by atoms with van der Waals surface area (Å²) in [6.45, 7) is 6.78. The third-order valence-corrected chi connectivity index (χ3v) is 8.26. The van der Waals surface area contributed by atoms with Crippen LogP contribution in [0, 0.1) is 11.3 Å². The molecule has 0 unspecified atom stereocenters. The van der Waals surface area contributed by atoms with E-state index in [4.69, 9.17) is 4.74 Å². The van der Waals surface area contributed by atoms with Crippen molar-refractivity contribution < 1.29 is 4.74 Å². The van der Waals surface area contributed by atoms with E-state index in [9.17, 15) is 5.26 Å². The summed E-state index contributed by atoms with van der Waals surface area (Å²) in [6.07, 6.45) is 0. The van der Waals surface area contributed by atoms with Crippen LogP contribution in [-0.2, 0) is 5.41 Å². The van der Waals surface area contributed by atoms with E-state index in [1.165, 1.54) is 5.56 Å². The Bertz CT molecular complexity index is 2040. The zero-order valence-corrected chi connectivity index (χ0v) is 24.6. The Kier molecular flexibility index (Phi) is 6.45. The molecule has 0 N–H and O–H groups in total. The SMILES string of the molecule is CC(C)(C)c1cc2c3c(c(C#N)c(-c4ccccc4)c(-c4ccccc4)c3c1)OC(c1ccccc1)=C2c1ccccc1. The largest absolute Gasteiger partial charge is 0.454 e. The minimum atomic E-state index is -0.118. The number of hydrogen-bond donors (Lipinski definition) is 0. The molecular weight excluding hydrogens is 522 g/mol. The Hall–Kier alpha value is -5.39. The van der Waals surface area contributed by atoms with Crippen molar-refractivity contribution in [3.8, 4) is 34.1 Å². The standard InChI is InChI=1S/C41H31NO/c1-41(2,3)31-24-32-35(27-16-8-4-9-17-27)36(28-18-10-5-11-19-28)34(26-42)40-38(32)33(25-31)37(29-20-12-6-13-21-29)39(43-40)30-22-14-7-15-23-30/h4-25H,1-3H3. The summed E-state index contributed by atoms with van der Waals surface area (Å²) in [5, 5.41) is 13.0. The predicted molar refractivity (Wildman–Crippen MR) is 178 cm³/mol. The molecule has 0 bridgehead atoms. The average Bonchev–Trinajstić information content (AvgIpc) is 3.05. The first-order chi connectivity index (χ1) is 21.0. The van der Waals surface area contributed by atoms with Crippen LogP contribution >= 0.6 is 0 Å². The summed E-state index contributed by atoms with van der Waals surface area (Å²) in [5.41, 5.74) is 9.82. The van der Waals surface area contributed by atoms with Crippen molar-refractivity contribution in [1.29, 1.82) is 5.26 Å². The van der Waals surface area contributed by atoms with Crippen LogP contribution < -0.4 is 4.74 Å². The average molecular weight is 554 g/mol. The lowest BCUT2D eigenvalue weighted by Gasteiger charge is -2.31. The molecule has 6 aromatic rings. The molecule has 1 heterocycles.